The van der Waals surface area contributed by atoms with Crippen LogP contribution < -0.4 is 10.5 Å². The van der Waals surface area contributed by atoms with Gasteiger partial charge in [-0.2, -0.15) is 0 Å². The van der Waals surface area contributed by atoms with E-state index in [0.717, 1.165) is 47.4 Å². The van der Waals surface area contributed by atoms with Gasteiger partial charge < -0.3 is 15.5 Å². The summed E-state index contributed by atoms with van der Waals surface area (Å²) in [5, 5.41) is 2.51. The molecule has 0 bridgehead atoms. The molecule has 2 atom stereocenters. The number of fused-ring (bicyclic) bond motifs is 5. The Kier molecular flexibility index (Phi) is 5.53. The SMILES string of the molecule is COc1ccc(Cc2nc3c(c4c2[nH]c2ccccc24)C(C(N)c2ccccn2)CC(C)(C)C3)cc1. The number of H-pyrrole nitrogens is 1. The first-order chi connectivity index (χ1) is 17.4. The summed E-state index contributed by atoms with van der Waals surface area (Å²) >= 11 is 0. The summed E-state index contributed by atoms with van der Waals surface area (Å²) < 4.78 is 5.36. The highest BCUT2D eigenvalue weighted by Crippen LogP contribution is 2.50. The summed E-state index contributed by atoms with van der Waals surface area (Å²) in [5.74, 6) is 0.990. The number of para-hydroxylation sites is 1. The third-order valence-corrected chi connectivity index (χ3v) is 7.63. The van der Waals surface area contributed by atoms with Crippen LogP contribution in [-0.4, -0.2) is 22.1 Å². The minimum absolute atomic E-state index is 0.0915. The van der Waals surface area contributed by atoms with Gasteiger partial charge in [0, 0.05) is 40.5 Å². The van der Waals surface area contributed by atoms with Gasteiger partial charge in [-0.05, 0) is 59.7 Å². The maximum atomic E-state index is 6.99. The van der Waals surface area contributed by atoms with E-state index in [1.807, 2.05) is 36.5 Å². The molecule has 1 aliphatic rings. The Hall–Kier alpha value is -3.70. The molecule has 0 amide bonds. The molecule has 0 spiro atoms. The Bertz CT molecular complexity index is 1540. The van der Waals surface area contributed by atoms with E-state index in [2.05, 4.69) is 60.2 Å². The van der Waals surface area contributed by atoms with E-state index in [0.29, 0.717) is 0 Å². The molecule has 5 heteroatoms. The molecule has 3 N–H and O–H groups in total. The number of aromatic nitrogens is 3. The Morgan fingerprint density at radius 3 is 2.58 bits per heavy atom. The second-order valence-corrected chi connectivity index (χ2v) is 10.8. The van der Waals surface area contributed by atoms with Gasteiger partial charge in [0.1, 0.15) is 5.75 Å². The molecule has 2 unspecified atom stereocenters. The van der Waals surface area contributed by atoms with Crippen LogP contribution in [-0.2, 0) is 12.8 Å². The number of aromatic amines is 1. The van der Waals surface area contributed by atoms with Gasteiger partial charge in [0.15, 0.2) is 0 Å². The number of rotatable bonds is 5. The molecule has 3 aromatic heterocycles. The maximum absolute atomic E-state index is 6.99. The number of benzene rings is 2. The van der Waals surface area contributed by atoms with Crippen molar-refractivity contribution in [2.45, 2.75) is 45.1 Å². The number of methoxy groups -OCH3 is 1. The van der Waals surface area contributed by atoms with Crippen molar-refractivity contribution in [2.24, 2.45) is 11.1 Å². The molecule has 3 heterocycles. The van der Waals surface area contributed by atoms with Crippen LogP contribution in [0.3, 0.4) is 0 Å². The van der Waals surface area contributed by atoms with Crippen LogP contribution in [0.2, 0.25) is 0 Å². The van der Waals surface area contributed by atoms with Gasteiger partial charge in [-0.3, -0.25) is 9.97 Å². The van der Waals surface area contributed by atoms with Gasteiger partial charge in [-0.25, -0.2) is 0 Å². The highest BCUT2D eigenvalue weighted by Gasteiger charge is 2.39. The molecular weight excluding hydrogens is 444 g/mol. The summed E-state index contributed by atoms with van der Waals surface area (Å²) in [5.41, 5.74) is 15.0. The van der Waals surface area contributed by atoms with E-state index in [1.165, 1.54) is 27.6 Å². The highest BCUT2D eigenvalue weighted by atomic mass is 16.5. The van der Waals surface area contributed by atoms with Crippen molar-refractivity contribution in [1.82, 2.24) is 15.0 Å². The van der Waals surface area contributed by atoms with Crippen molar-refractivity contribution in [2.75, 3.05) is 7.11 Å². The molecule has 0 fully saturated rings. The van der Waals surface area contributed by atoms with Crippen LogP contribution in [0.5, 0.6) is 5.75 Å². The lowest BCUT2D eigenvalue weighted by atomic mass is 9.67. The summed E-state index contributed by atoms with van der Waals surface area (Å²) in [6.45, 7) is 4.66. The fourth-order valence-corrected chi connectivity index (χ4v) is 5.97. The van der Waals surface area contributed by atoms with Gasteiger partial charge in [0.25, 0.3) is 0 Å². The molecule has 0 saturated carbocycles. The lowest BCUT2D eigenvalue weighted by Gasteiger charge is -2.39. The van der Waals surface area contributed by atoms with Gasteiger partial charge in [-0.1, -0.05) is 50.2 Å². The molecule has 0 aliphatic heterocycles. The lowest BCUT2D eigenvalue weighted by molar-refractivity contribution is 0.258. The minimum Gasteiger partial charge on any atom is -0.497 e. The van der Waals surface area contributed by atoms with E-state index in [9.17, 15) is 0 Å². The molecular formula is C31H32N4O. The predicted molar refractivity (Wildman–Crippen MR) is 145 cm³/mol. The van der Waals surface area contributed by atoms with Crippen molar-refractivity contribution in [3.63, 3.8) is 0 Å². The lowest BCUT2D eigenvalue weighted by Crippen LogP contribution is -2.33. The normalized spacial score (nSPS) is 17.7. The molecule has 182 valence electrons. The van der Waals surface area contributed by atoms with Gasteiger partial charge >= 0.3 is 0 Å². The Labute approximate surface area is 211 Å². The predicted octanol–water partition coefficient (Wildman–Crippen LogP) is 6.47. The standard InChI is InChI=1S/C31H32N4O/c1-31(2)17-22(29(32)24-10-6-7-15-33-24)27-26(18-31)34-25(16-19-11-13-20(36-3)14-12-19)30-28(27)21-8-4-5-9-23(21)35-30/h4-15,22,29,35H,16-18,32H2,1-3H3. The number of nitrogens with zero attached hydrogens (tertiary/aromatic N) is 2. The Morgan fingerprint density at radius 1 is 1.06 bits per heavy atom. The molecule has 5 nitrogen and oxygen atoms in total. The first-order valence-electron chi connectivity index (χ1n) is 12.6. The van der Waals surface area contributed by atoms with Crippen molar-refractivity contribution >= 4 is 21.8 Å². The van der Waals surface area contributed by atoms with Gasteiger partial charge in [0.05, 0.1) is 30.1 Å². The summed E-state index contributed by atoms with van der Waals surface area (Å²) in [7, 11) is 1.70. The quantitative estimate of drug-likeness (QED) is 0.305. The Morgan fingerprint density at radius 2 is 1.83 bits per heavy atom. The Balaban J connectivity index is 1.58. The smallest absolute Gasteiger partial charge is 0.118 e. The number of hydrogen-bond acceptors (Lipinski definition) is 4. The topological polar surface area (TPSA) is 76.8 Å². The molecule has 5 aromatic rings. The number of ether oxygens (including phenoxy) is 1. The fraction of sp³-hybridized carbons (Fsp3) is 0.290. The maximum Gasteiger partial charge on any atom is 0.118 e. The van der Waals surface area contributed by atoms with Crippen molar-refractivity contribution in [1.29, 1.82) is 0 Å². The third-order valence-electron chi connectivity index (χ3n) is 7.63. The first kappa shape index (κ1) is 22.7. The van der Waals surface area contributed by atoms with Crippen molar-refractivity contribution in [3.05, 3.63) is 101 Å². The number of hydrogen-bond donors (Lipinski definition) is 2. The summed E-state index contributed by atoms with van der Waals surface area (Å²) in [4.78, 5) is 13.7. The second-order valence-electron chi connectivity index (χ2n) is 10.8. The van der Waals surface area contributed by atoms with Gasteiger partial charge in [-0.15, -0.1) is 0 Å². The molecule has 6 rings (SSSR count). The molecule has 0 radical (unpaired) electrons. The van der Waals surface area contributed by atoms with E-state index in [1.54, 1.807) is 7.11 Å². The number of nitrogens with one attached hydrogen (secondary N) is 1. The largest absolute Gasteiger partial charge is 0.497 e. The minimum atomic E-state index is -0.198. The van der Waals surface area contributed by atoms with Gasteiger partial charge in [0.2, 0.25) is 0 Å². The first-order valence-corrected chi connectivity index (χ1v) is 12.6. The zero-order valence-corrected chi connectivity index (χ0v) is 21.1. The van der Waals surface area contributed by atoms with Crippen LogP contribution in [0.1, 0.15) is 60.4 Å². The highest BCUT2D eigenvalue weighted by molar-refractivity contribution is 6.10. The van der Waals surface area contributed by atoms with E-state index < -0.39 is 0 Å². The zero-order valence-electron chi connectivity index (χ0n) is 21.1. The van der Waals surface area contributed by atoms with Crippen LogP contribution in [0.25, 0.3) is 21.8 Å². The second kappa shape index (κ2) is 8.75. The molecule has 0 saturated heterocycles. The molecule has 36 heavy (non-hydrogen) atoms. The van der Waals surface area contributed by atoms with Crippen LogP contribution in [0.4, 0.5) is 0 Å². The van der Waals surface area contributed by atoms with Crippen LogP contribution in [0.15, 0.2) is 72.9 Å². The summed E-state index contributed by atoms with van der Waals surface area (Å²) in [6.07, 6.45) is 4.50. The monoisotopic (exact) mass is 476 g/mol. The molecule has 1 aliphatic carbocycles. The fourth-order valence-electron chi connectivity index (χ4n) is 5.97. The van der Waals surface area contributed by atoms with Crippen molar-refractivity contribution in [3.8, 4) is 5.75 Å². The van der Waals surface area contributed by atoms with E-state index >= 15 is 0 Å². The number of nitrogens with two attached hydrogens (primary N) is 1. The zero-order chi connectivity index (χ0) is 24.9. The molecule has 2 aromatic carbocycles. The van der Waals surface area contributed by atoms with E-state index in [4.69, 9.17) is 15.5 Å². The van der Waals surface area contributed by atoms with E-state index in [-0.39, 0.29) is 17.4 Å². The average Bonchev–Trinajstić information content (AvgIpc) is 3.28. The van der Waals surface area contributed by atoms with Crippen LogP contribution in [0, 0.1) is 5.41 Å². The van der Waals surface area contributed by atoms with Crippen LogP contribution >= 0.6 is 0 Å². The average molecular weight is 477 g/mol. The summed E-state index contributed by atoms with van der Waals surface area (Å²) in [6, 6.07) is 22.7. The van der Waals surface area contributed by atoms with Crippen molar-refractivity contribution < 1.29 is 4.74 Å². The number of pyridine rings is 2. The third kappa shape index (κ3) is 3.94.